The number of carbonyl (C=O) groups is 1. The summed E-state index contributed by atoms with van der Waals surface area (Å²) in [6, 6.07) is 0. The van der Waals surface area contributed by atoms with Gasteiger partial charge in [0.25, 0.3) is 0 Å². The van der Waals surface area contributed by atoms with Gasteiger partial charge in [-0.15, -0.1) is 0 Å². The Balaban J connectivity index is 1.75. The van der Waals surface area contributed by atoms with E-state index in [1.165, 1.54) is 0 Å². The molecule has 0 bridgehead atoms. The SMILES string of the molecule is CN(CCCc1nccn1C)C(=O)[C@H]1CCC[C@H](O)C1. The van der Waals surface area contributed by atoms with E-state index in [1.54, 1.807) is 6.20 Å². The van der Waals surface area contributed by atoms with Crippen molar-refractivity contribution in [3.8, 4) is 0 Å². The van der Waals surface area contributed by atoms with E-state index in [0.717, 1.165) is 44.5 Å². The van der Waals surface area contributed by atoms with Gasteiger partial charge in [-0.1, -0.05) is 6.42 Å². The molecule has 0 aliphatic heterocycles. The predicted molar refractivity (Wildman–Crippen MR) is 77.1 cm³/mol. The second-order valence-electron chi connectivity index (χ2n) is 5.84. The first-order chi connectivity index (χ1) is 9.58. The first-order valence-electron chi connectivity index (χ1n) is 7.47. The van der Waals surface area contributed by atoms with Crippen LogP contribution in [0.5, 0.6) is 0 Å². The van der Waals surface area contributed by atoms with Crippen LogP contribution >= 0.6 is 0 Å². The van der Waals surface area contributed by atoms with Crippen molar-refractivity contribution < 1.29 is 9.90 Å². The third-order valence-corrected chi connectivity index (χ3v) is 4.19. The lowest BCUT2D eigenvalue weighted by atomic mass is 9.86. The molecule has 1 amide bonds. The number of nitrogens with zero attached hydrogens (tertiary/aromatic N) is 3. The molecule has 0 saturated heterocycles. The standard InChI is InChI=1S/C15H25N3O2/c1-17-10-8-16-14(17)7-4-9-18(2)15(20)12-5-3-6-13(19)11-12/h8,10,12-13,19H,3-7,9,11H2,1-2H3/t12-,13-/m0/s1. The first kappa shape index (κ1) is 15.0. The molecule has 1 aliphatic carbocycles. The Morgan fingerprint density at radius 1 is 1.55 bits per heavy atom. The van der Waals surface area contributed by atoms with E-state index in [-0.39, 0.29) is 17.9 Å². The van der Waals surface area contributed by atoms with Crippen LogP contribution in [0.4, 0.5) is 0 Å². The van der Waals surface area contributed by atoms with Gasteiger partial charge in [-0.05, 0) is 25.7 Å². The van der Waals surface area contributed by atoms with Crippen molar-refractivity contribution >= 4 is 5.91 Å². The normalized spacial score (nSPS) is 22.8. The minimum atomic E-state index is -0.293. The number of imidazole rings is 1. The molecule has 1 fully saturated rings. The van der Waals surface area contributed by atoms with Crippen LogP contribution in [-0.4, -0.2) is 45.2 Å². The van der Waals surface area contributed by atoms with Crippen molar-refractivity contribution in [1.82, 2.24) is 14.5 Å². The van der Waals surface area contributed by atoms with E-state index in [4.69, 9.17) is 0 Å². The smallest absolute Gasteiger partial charge is 0.225 e. The van der Waals surface area contributed by atoms with Crippen LogP contribution in [0.15, 0.2) is 12.4 Å². The van der Waals surface area contributed by atoms with Crippen molar-refractivity contribution in [3.05, 3.63) is 18.2 Å². The molecule has 5 nitrogen and oxygen atoms in total. The van der Waals surface area contributed by atoms with Crippen LogP contribution in [0.25, 0.3) is 0 Å². The van der Waals surface area contributed by atoms with Crippen LogP contribution in [0.2, 0.25) is 0 Å². The van der Waals surface area contributed by atoms with E-state index in [1.807, 2.05) is 29.8 Å². The van der Waals surface area contributed by atoms with Crippen molar-refractivity contribution in [2.24, 2.45) is 13.0 Å². The number of carbonyl (C=O) groups excluding carboxylic acids is 1. The van der Waals surface area contributed by atoms with Crippen LogP contribution in [-0.2, 0) is 18.3 Å². The lowest BCUT2D eigenvalue weighted by Crippen LogP contribution is -2.37. The molecule has 2 atom stereocenters. The highest BCUT2D eigenvalue weighted by Gasteiger charge is 2.27. The monoisotopic (exact) mass is 279 g/mol. The first-order valence-corrected chi connectivity index (χ1v) is 7.47. The molecule has 1 aromatic heterocycles. The molecular formula is C15H25N3O2. The number of aromatic nitrogens is 2. The summed E-state index contributed by atoms with van der Waals surface area (Å²) in [7, 11) is 3.85. The molecule has 1 aliphatic rings. The molecule has 5 heteroatoms. The molecule has 112 valence electrons. The molecule has 2 rings (SSSR count). The molecular weight excluding hydrogens is 254 g/mol. The summed E-state index contributed by atoms with van der Waals surface area (Å²) in [5.74, 6) is 1.25. The predicted octanol–water partition coefficient (Wildman–Crippen LogP) is 1.36. The van der Waals surface area contributed by atoms with Crippen LogP contribution < -0.4 is 0 Å². The van der Waals surface area contributed by atoms with Gasteiger partial charge in [-0.3, -0.25) is 4.79 Å². The number of aliphatic hydroxyl groups excluding tert-OH is 1. The topological polar surface area (TPSA) is 58.4 Å². The maximum absolute atomic E-state index is 12.3. The Hall–Kier alpha value is -1.36. The molecule has 1 saturated carbocycles. The second-order valence-corrected chi connectivity index (χ2v) is 5.84. The number of aryl methyl sites for hydroxylation is 2. The fraction of sp³-hybridized carbons (Fsp3) is 0.733. The van der Waals surface area contributed by atoms with Crippen LogP contribution in [0, 0.1) is 5.92 Å². The van der Waals surface area contributed by atoms with Crippen molar-refractivity contribution in [2.75, 3.05) is 13.6 Å². The molecule has 0 aromatic carbocycles. The number of hydrogen-bond donors (Lipinski definition) is 1. The summed E-state index contributed by atoms with van der Waals surface area (Å²) in [4.78, 5) is 18.4. The fourth-order valence-corrected chi connectivity index (χ4v) is 2.92. The minimum absolute atomic E-state index is 0.0110. The fourth-order valence-electron chi connectivity index (χ4n) is 2.92. The highest BCUT2D eigenvalue weighted by molar-refractivity contribution is 5.78. The average Bonchev–Trinajstić information content (AvgIpc) is 2.83. The third-order valence-electron chi connectivity index (χ3n) is 4.19. The quantitative estimate of drug-likeness (QED) is 0.885. The molecule has 1 N–H and O–H groups in total. The van der Waals surface area contributed by atoms with Gasteiger partial charge in [0.2, 0.25) is 5.91 Å². The Morgan fingerprint density at radius 2 is 2.35 bits per heavy atom. The zero-order valence-electron chi connectivity index (χ0n) is 12.5. The van der Waals surface area contributed by atoms with Gasteiger partial charge < -0.3 is 14.6 Å². The lowest BCUT2D eigenvalue weighted by Gasteiger charge is -2.28. The van der Waals surface area contributed by atoms with E-state index >= 15 is 0 Å². The van der Waals surface area contributed by atoms with Gasteiger partial charge in [0.1, 0.15) is 5.82 Å². The molecule has 1 heterocycles. The van der Waals surface area contributed by atoms with E-state index in [0.29, 0.717) is 6.42 Å². The third kappa shape index (κ3) is 3.82. The second kappa shape index (κ2) is 6.88. The lowest BCUT2D eigenvalue weighted by molar-refractivity contribution is -0.136. The highest BCUT2D eigenvalue weighted by atomic mass is 16.3. The molecule has 0 spiro atoms. The summed E-state index contributed by atoms with van der Waals surface area (Å²) >= 11 is 0. The van der Waals surface area contributed by atoms with E-state index in [2.05, 4.69) is 4.98 Å². The average molecular weight is 279 g/mol. The Bertz CT molecular complexity index is 444. The van der Waals surface area contributed by atoms with Crippen molar-refractivity contribution in [3.63, 3.8) is 0 Å². The van der Waals surface area contributed by atoms with Gasteiger partial charge in [0.15, 0.2) is 0 Å². The number of hydrogen-bond acceptors (Lipinski definition) is 3. The van der Waals surface area contributed by atoms with Gasteiger partial charge in [0, 0.05) is 45.4 Å². The highest BCUT2D eigenvalue weighted by Crippen LogP contribution is 2.25. The summed E-state index contributed by atoms with van der Waals surface area (Å²) in [5.41, 5.74) is 0. The summed E-state index contributed by atoms with van der Waals surface area (Å²) in [6.07, 6.45) is 8.59. The number of rotatable bonds is 5. The number of aliphatic hydroxyl groups is 1. The molecule has 0 radical (unpaired) electrons. The zero-order valence-corrected chi connectivity index (χ0v) is 12.5. The van der Waals surface area contributed by atoms with Gasteiger partial charge in [-0.25, -0.2) is 4.98 Å². The summed E-state index contributed by atoms with van der Waals surface area (Å²) in [5, 5.41) is 9.66. The molecule has 0 unspecified atom stereocenters. The summed E-state index contributed by atoms with van der Waals surface area (Å²) in [6.45, 7) is 0.748. The Labute approximate surface area is 120 Å². The largest absolute Gasteiger partial charge is 0.393 e. The Kier molecular flexibility index (Phi) is 5.17. The van der Waals surface area contributed by atoms with Gasteiger partial charge >= 0.3 is 0 Å². The van der Waals surface area contributed by atoms with Crippen LogP contribution in [0.1, 0.15) is 37.9 Å². The van der Waals surface area contributed by atoms with Crippen molar-refractivity contribution in [1.29, 1.82) is 0 Å². The van der Waals surface area contributed by atoms with Crippen LogP contribution in [0.3, 0.4) is 0 Å². The Morgan fingerprint density at radius 3 is 3.00 bits per heavy atom. The minimum Gasteiger partial charge on any atom is -0.393 e. The van der Waals surface area contributed by atoms with E-state index in [9.17, 15) is 9.90 Å². The molecule has 20 heavy (non-hydrogen) atoms. The summed E-state index contributed by atoms with van der Waals surface area (Å²) < 4.78 is 2.01. The van der Waals surface area contributed by atoms with Gasteiger partial charge in [-0.2, -0.15) is 0 Å². The molecule has 1 aromatic rings. The number of amides is 1. The van der Waals surface area contributed by atoms with Gasteiger partial charge in [0.05, 0.1) is 6.10 Å². The zero-order chi connectivity index (χ0) is 14.5. The van der Waals surface area contributed by atoms with E-state index < -0.39 is 0 Å². The maximum Gasteiger partial charge on any atom is 0.225 e. The van der Waals surface area contributed by atoms with Crippen molar-refractivity contribution in [2.45, 2.75) is 44.6 Å². The maximum atomic E-state index is 12.3.